The molecule has 0 radical (unpaired) electrons. The molecule has 2 aromatic carbocycles. The number of anilines is 1. The fourth-order valence-corrected chi connectivity index (χ4v) is 4.18. The van der Waals surface area contributed by atoms with Gasteiger partial charge in [-0.1, -0.05) is 24.3 Å². The number of nitrogens with one attached hydrogen (secondary N) is 3. The Bertz CT molecular complexity index is 951. The smallest absolute Gasteiger partial charge is 0.236 e. The van der Waals surface area contributed by atoms with Gasteiger partial charge in [0, 0.05) is 5.56 Å². The van der Waals surface area contributed by atoms with Crippen LogP contribution >= 0.6 is 12.2 Å². The number of ether oxygens (including phenoxy) is 3. The lowest BCUT2D eigenvalue weighted by molar-refractivity contribution is -0.132. The molecule has 1 fully saturated rings. The zero-order chi connectivity index (χ0) is 19.9. The van der Waals surface area contributed by atoms with E-state index < -0.39 is 11.6 Å². The highest BCUT2D eigenvalue weighted by molar-refractivity contribution is 7.80. The summed E-state index contributed by atoms with van der Waals surface area (Å²) in [5.41, 5.74) is 0.373. The Hall–Kier alpha value is -3.00. The monoisotopic (exact) mass is 399 g/mol. The zero-order valence-electron chi connectivity index (χ0n) is 15.7. The molecular formula is C20H21N3O4S. The molecule has 2 bridgehead atoms. The largest absolute Gasteiger partial charge is 0.495 e. The number of carbonyl (C=O) groups excluding carboxylic acids is 1. The quantitative estimate of drug-likeness (QED) is 0.682. The third-order valence-corrected chi connectivity index (χ3v) is 5.32. The van der Waals surface area contributed by atoms with Crippen LogP contribution in [0.4, 0.5) is 5.69 Å². The summed E-state index contributed by atoms with van der Waals surface area (Å²) >= 11 is 5.35. The lowest BCUT2D eigenvalue weighted by Gasteiger charge is -2.50. The van der Waals surface area contributed by atoms with Gasteiger partial charge in [-0.3, -0.25) is 4.79 Å². The van der Waals surface area contributed by atoms with Crippen molar-refractivity contribution in [3.05, 3.63) is 48.0 Å². The molecule has 8 heteroatoms. The molecule has 0 aliphatic carbocycles. The van der Waals surface area contributed by atoms with Gasteiger partial charge in [-0.25, -0.2) is 0 Å². The van der Waals surface area contributed by atoms with Gasteiger partial charge in [0.05, 0.1) is 25.9 Å². The van der Waals surface area contributed by atoms with Crippen LogP contribution in [0, 0.1) is 5.92 Å². The number of methoxy groups -OCH3 is 2. The molecule has 7 nitrogen and oxygen atoms in total. The molecule has 1 saturated heterocycles. The third-order valence-electron chi connectivity index (χ3n) is 5.10. The average Bonchev–Trinajstić information content (AvgIpc) is 2.66. The third kappa shape index (κ3) is 2.90. The van der Waals surface area contributed by atoms with E-state index in [-0.39, 0.29) is 11.9 Å². The second-order valence-electron chi connectivity index (χ2n) is 6.83. The summed E-state index contributed by atoms with van der Waals surface area (Å²) in [4.78, 5) is 13.3. The normalized spacial score (nSPS) is 24.8. The molecule has 2 aromatic rings. The van der Waals surface area contributed by atoms with E-state index in [0.29, 0.717) is 28.0 Å². The lowest BCUT2D eigenvalue weighted by Crippen LogP contribution is -2.70. The molecule has 2 aliphatic rings. The molecule has 2 aliphatic heterocycles. The Morgan fingerprint density at radius 3 is 2.61 bits per heavy atom. The van der Waals surface area contributed by atoms with Crippen LogP contribution in [0.2, 0.25) is 0 Å². The minimum absolute atomic E-state index is 0.215. The molecule has 3 atom stereocenters. The number of hydrogen-bond donors (Lipinski definition) is 3. The van der Waals surface area contributed by atoms with Crippen molar-refractivity contribution in [2.45, 2.75) is 18.7 Å². The van der Waals surface area contributed by atoms with Crippen LogP contribution in [0.5, 0.6) is 17.2 Å². The van der Waals surface area contributed by atoms with Crippen LogP contribution in [0.3, 0.4) is 0 Å². The number of carbonyl (C=O) groups is 1. The van der Waals surface area contributed by atoms with Gasteiger partial charge in [0.2, 0.25) is 5.91 Å². The molecule has 28 heavy (non-hydrogen) atoms. The molecule has 2 heterocycles. The lowest BCUT2D eigenvalue weighted by atomic mass is 9.79. The van der Waals surface area contributed by atoms with Crippen molar-refractivity contribution in [2.75, 3.05) is 19.5 Å². The first-order chi connectivity index (χ1) is 13.5. The number of fused-ring (bicyclic) bond motifs is 4. The van der Waals surface area contributed by atoms with Gasteiger partial charge in [-0.2, -0.15) is 0 Å². The van der Waals surface area contributed by atoms with Crippen LogP contribution in [0.25, 0.3) is 0 Å². The molecule has 3 N–H and O–H groups in total. The maximum absolute atomic E-state index is 13.3. The summed E-state index contributed by atoms with van der Waals surface area (Å²) in [6, 6.07) is 12.5. The predicted octanol–water partition coefficient (Wildman–Crippen LogP) is 2.59. The highest BCUT2D eigenvalue weighted by Crippen LogP contribution is 2.49. The van der Waals surface area contributed by atoms with E-state index in [1.54, 1.807) is 26.4 Å². The second-order valence-corrected chi connectivity index (χ2v) is 7.24. The number of hydrogen-bond acceptors (Lipinski definition) is 5. The van der Waals surface area contributed by atoms with Crippen molar-refractivity contribution >= 4 is 28.9 Å². The van der Waals surface area contributed by atoms with Crippen molar-refractivity contribution in [3.63, 3.8) is 0 Å². The SMILES string of the molecule is COc1ccccc1NC(=O)[C@H]1[C@@H]2NC(=S)N[C@]1(C)Oc1c(OC)cccc12. The minimum Gasteiger partial charge on any atom is -0.495 e. The highest BCUT2D eigenvalue weighted by atomic mass is 32.1. The molecule has 0 saturated carbocycles. The number of rotatable bonds is 4. The first-order valence-corrected chi connectivity index (χ1v) is 9.26. The summed E-state index contributed by atoms with van der Waals surface area (Å²) in [6.45, 7) is 1.81. The summed E-state index contributed by atoms with van der Waals surface area (Å²) in [5, 5.41) is 9.72. The first kappa shape index (κ1) is 18.4. The fraction of sp³-hybridized carbons (Fsp3) is 0.300. The first-order valence-electron chi connectivity index (χ1n) is 8.85. The van der Waals surface area contributed by atoms with Gasteiger partial charge in [-0.15, -0.1) is 0 Å². The van der Waals surface area contributed by atoms with Crippen LogP contribution in [0.15, 0.2) is 42.5 Å². The van der Waals surface area contributed by atoms with E-state index >= 15 is 0 Å². The van der Waals surface area contributed by atoms with Gasteiger partial charge >= 0.3 is 0 Å². The van der Waals surface area contributed by atoms with E-state index in [9.17, 15) is 4.79 Å². The van der Waals surface area contributed by atoms with Gasteiger partial charge in [0.15, 0.2) is 22.3 Å². The van der Waals surface area contributed by atoms with Crippen LogP contribution in [0.1, 0.15) is 18.5 Å². The molecule has 4 rings (SSSR count). The number of thiocarbonyl (C=S) groups is 1. The number of para-hydroxylation sites is 3. The summed E-state index contributed by atoms with van der Waals surface area (Å²) in [6.07, 6.45) is 0. The Morgan fingerprint density at radius 2 is 1.86 bits per heavy atom. The number of benzene rings is 2. The van der Waals surface area contributed by atoms with Gasteiger partial charge in [-0.05, 0) is 37.3 Å². The van der Waals surface area contributed by atoms with Crippen LogP contribution in [-0.2, 0) is 4.79 Å². The highest BCUT2D eigenvalue weighted by Gasteiger charge is 2.55. The molecular weight excluding hydrogens is 378 g/mol. The van der Waals surface area contributed by atoms with Crippen molar-refractivity contribution in [3.8, 4) is 17.2 Å². The standard InChI is InChI=1S/C20H21N3O4S/c1-20-15(18(24)21-12-8-4-5-9-13(12)25-2)16(22-19(28)23-20)11-7-6-10-14(26-3)17(11)27-20/h4-10,15-16H,1-3H3,(H,21,24)(H2,22,23,28)/t15-,16-,20-/m1/s1. The van der Waals surface area contributed by atoms with E-state index in [2.05, 4.69) is 16.0 Å². The molecule has 1 amide bonds. The van der Waals surface area contributed by atoms with Crippen molar-refractivity contribution in [2.24, 2.45) is 5.92 Å². The van der Waals surface area contributed by atoms with Gasteiger partial charge in [0.25, 0.3) is 0 Å². The summed E-state index contributed by atoms with van der Waals surface area (Å²) in [7, 11) is 3.15. The van der Waals surface area contributed by atoms with E-state index in [0.717, 1.165) is 5.56 Å². The average molecular weight is 399 g/mol. The topological polar surface area (TPSA) is 80.9 Å². The molecule has 0 spiro atoms. The van der Waals surface area contributed by atoms with E-state index in [1.165, 1.54) is 0 Å². The maximum Gasteiger partial charge on any atom is 0.236 e. The Kier molecular flexibility index (Phi) is 4.50. The van der Waals surface area contributed by atoms with Crippen molar-refractivity contribution < 1.29 is 19.0 Å². The van der Waals surface area contributed by atoms with Gasteiger partial charge in [0.1, 0.15) is 11.7 Å². The zero-order valence-corrected chi connectivity index (χ0v) is 16.6. The van der Waals surface area contributed by atoms with Gasteiger partial charge < -0.3 is 30.2 Å². The minimum atomic E-state index is -1.04. The van der Waals surface area contributed by atoms with Crippen molar-refractivity contribution in [1.29, 1.82) is 0 Å². The summed E-state index contributed by atoms with van der Waals surface area (Å²) < 4.78 is 17.0. The van der Waals surface area contributed by atoms with Crippen LogP contribution < -0.4 is 30.2 Å². The Labute approximate surface area is 168 Å². The molecule has 0 unspecified atom stereocenters. The fourth-order valence-electron chi connectivity index (χ4n) is 3.85. The second kappa shape index (κ2) is 6.87. The molecule has 0 aromatic heterocycles. The Balaban J connectivity index is 1.74. The van der Waals surface area contributed by atoms with Crippen LogP contribution in [-0.4, -0.2) is 31.0 Å². The van der Waals surface area contributed by atoms with E-state index in [4.69, 9.17) is 26.4 Å². The predicted molar refractivity (Wildman–Crippen MR) is 109 cm³/mol. The van der Waals surface area contributed by atoms with E-state index in [1.807, 2.05) is 37.3 Å². The molecule has 146 valence electrons. The Morgan fingerprint density at radius 1 is 1.14 bits per heavy atom. The maximum atomic E-state index is 13.3. The number of amides is 1. The van der Waals surface area contributed by atoms with Crippen molar-refractivity contribution in [1.82, 2.24) is 10.6 Å². The summed E-state index contributed by atoms with van der Waals surface area (Å²) in [5.74, 6) is 0.980.